The Morgan fingerprint density at radius 2 is 1.94 bits per heavy atom. The molecule has 4 rings (SSSR count). The van der Waals surface area contributed by atoms with Crippen LogP contribution in [0.25, 0.3) is 33.4 Å². The first kappa shape index (κ1) is 8.05. The molecule has 1 heterocycles. The largest absolute Gasteiger partial charge is 0.356 e. The van der Waals surface area contributed by atoms with Gasteiger partial charge in [-0.05, 0) is 35.4 Å². The van der Waals surface area contributed by atoms with Crippen molar-refractivity contribution in [3.63, 3.8) is 0 Å². The van der Waals surface area contributed by atoms with Crippen molar-refractivity contribution in [2.75, 3.05) is 0 Å². The average Bonchev–Trinajstić information content (AvgIpc) is 2.77. The Bertz CT molecular complexity index is 730. The molecule has 76 valence electrons. The second-order valence-corrected chi connectivity index (χ2v) is 3.91. The number of rotatable bonds is 1. The third-order valence-electron chi connectivity index (χ3n) is 2.93. The van der Waals surface area contributed by atoms with Crippen molar-refractivity contribution in [1.82, 2.24) is 5.16 Å². The standard InChI is InChI=1S/C13H6FNO/c14-10-4-2-1-3-8(10)13-12-9-5-7(9)6-11(12)16-15-13/h1-6H. The van der Waals surface area contributed by atoms with Crippen LogP contribution in [0.3, 0.4) is 0 Å². The summed E-state index contributed by atoms with van der Waals surface area (Å²) in [6.45, 7) is 0. The van der Waals surface area contributed by atoms with E-state index in [0.717, 1.165) is 16.5 Å². The highest BCUT2D eigenvalue weighted by molar-refractivity contribution is 6.12. The Kier molecular flexibility index (Phi) is 1.26. The summed E-state index contributed by atoms with van der Waals surface area (Å²) in [6, 6.07) is 10.6. The van der Waals surface area contributed by atoms with Gasteiger partial charge < -0.3 is 4.52 Å². The van der Waals surface area contributed by atoms with Crippen molar-refractivity contribution in [2.24, 2.45) is 0 Å². The van der Waals surface area contributed by atoms with Crippen molar-refractivity contribution >= 4 is 11.0 Å². The van der Waals surface area contributed by atoms with E-state index in [1.807, 2.05) is 12.1 Å². The third-order valence-corrected chi connectivity index (χ3v) is 2.93. The molecule has 0 spiro atoms. The number of hydrogen-bond acceptors (Lipinski definition) is 2. The van der Waals surface area contributed by atoms with Gasteiger partial charge in [-0.15, -0.1) is 0 Å². The van der Waals surface area contributed by atoms with Crippen LogP contribution in [0.2, 0.25) is 0 Å². The van der Waals surface area contributed by atoms with Crippen molar-refractivity contribution < 1.29 is 8.91 Å². The maximum Gasteiger partial charge on any atom is 0.168 e. The Balaban J connectivity index is 2.07. The lowest BCUT2D eigenvalue weighted by Gasteiger charge is -1.97. The summed E-state index contributed by atoms with van der Waals surface area (Å²) < 4.78 is 18.8. The van der Waals surface area contributed by atoms with Gasteiger partial charge in [-0.25, -0.2) is 4.39 Å². The van der Waals surface area contributed by atoms with Crippen LogP contribution in [0.1, 0.15) is 0 Å². The van der Waals surface area contributed by atoms with Crippen LogP contribution in [0, 0.1) is 5.82 Å². The second-order valence-electron chi connectivity index (χ2n) is 3.91. The molecule has 0 aliphatic heterocycles. The Labute approximate surface area is 90.3 Å². The molecular formula is C13H6FNO. The highest BCUT2D eigenvalue weighted by atomic mass is 19.1. The fourth-order valence-corrected chi connectivity index (χ4v) is 2.10. The van der Waals surface area contributed by atoms with Gasteiger partial charge in [0.2, 0.25) is 0 Å². The molecule has 0 N–H and O–H groups in total. The minimum Gasteiger partial charge on any atom is -0.356 e. The predicted molar refractivity (Wildman–Crippen MR) is 58.4 cm³/mol. The fourth-order valence-electron chi connectivity index (χ4n) is 2.10. The van der Waals surface area contributed by atoms with E-state index in [4.69, 9.17) is 4.52 Å². The highest BCUT2D eigenvalue weighted by Crippen LogP contribution is 2.47. The van der Waals surface area contributed by atoms with Crippen LogP contribution in [0.4, 0.5) is 4.39 Å². The summed E-state index contributed by atoms with van der Waals surface area (Å²) in [5, 5.41) is 4.88. The molecule has 0 amide bonds. The maximum atomic E-state index is 13.6. The second kappa shape index (κ2) is 2.50. The molecule has 1 aromatic heterocycles. The molecule has 2 aliphatic carbocycles. The number of benzene rings is 2. The Morgan fingerprint density at radius 1 is 1.06 bits per heavy atom. The van der Waals surface area contributed by atoms with E-state index >= 15 is 0 Å². The maximum absolute atomic E-state index is 13.6. The lowest BCUT2D eigenvalue weighted by Crippen LogP contribution is -1.83. The first-order chi connectivity index (χ1) is 7.84. The molecule has 0 saturated carbocycles. The van der Waals surface area contributed by atoms with Crippen LogP contribution in [0.15, 0.2) is 40.9 Å². The number of fused-ring (bicyclic) bond motifs is 3. The van der Waals surface area contributed by atoms with Gasteiger partial charge in [0.25, 0.3) is 0 Å². The monoisotopic (exact) mass is 211 g/mol. The summed E-state index contributed by atoms with van der Waals surface area (Å²) in [7, 11) is 0. The summed E-state index contributed by atoms with van der Waals surface area (Å²) in [6.07, 6.45) is 0. The molecule has 0 bridgehead atoms. The summed E-state index contributed by atoms with van der Waals surface area (Å²) in [5.74, 6) is -0.270. The van der Waals surface area contributed by atoms with Gasteiger partial charge in [-0.1, -0.05) is 17.3 Å². The zero-order valence-electron chi connectivity index (χ0n) is 8.20. The van der Waals surface area contributed by atoms with Gasteiger partial charge in [0.05, 0.1) is 5.39 Å². The minimum absolute atomic E-state index is 0.270. The molecule has 0 atom stereocenters. The van der Waals surface area contributed by atoms with Crippen LogP contribution in [-0.2, 0) is 0 Å². The van der Waals surface area contributed by atoms with Crippen molar-refractivity contribution in [1.29, 1.82) is 0 Å². The van der Waals surface area contributed by atoms with Gasteiger partial charge in [-0.2, -0.15) is 0 Å². The molecule has 16 heavy (non-hydrogen) atoms. The van der Waals surface area contributed by atoms with E-state index in [1.54, 1.807) is 18.2 Å². The van der Waals surface area contributed by atoms with E-state index in [2.05, 4.69) is 5.16 Å². The number of halogens is 1. The van der Waals surface area contributed by atoms with E-state index in [9.17, 15) is 4.39 Å². The molecule has 1 aromatic carbocycles. The summed E-state index contributed by atoms with van der Waals surface area (Å²) in [5.41, 5.74) is 4.15. The molecule has 0 fully saturated rings. The average molecular weight is 211 g/mol. The zero-order valence-corrected chi connectivity index (χ0v) is 8.20. The summed E-state index contributed by atoms with van der Waals surface area (Å²) >= 11 is 0. The topological polar surface area (TPSA) is 26.0 Å². The van der Waals surface area contributed by atoms with Gasteiger partial charge in [0.1, 0.15) is 11.5 Å². The highest BCUT2D eigenvalue weighted by Gasteiger charge is 2.25. The normalized spacial score (nSPS) is 12.1. The van der Waals surface area contributed by atoms with Crippen LogP contribution < -0.4 is 0 Å². The van der Waals surface area contributed by atoms with Crippen LogP contribution in [0.5, 0.6) is 0 Å². The van der Waals surface area contributed by atoms with Gasteiger partial charge >= 0.3 is 0 Å². The molecule has 2 nitrogen and oxygen atoms in total. The molecule has 2 aliphatic rings. The van der Waals surface area contributed by atoms with Crippen molar-refractivity contribution in [3.05, 3.63) is 42.2 Å². The van der Waals surface area contributed by atoms with Crippen LogP contribution >= 0.6 is 0 Å². The van der Waals surface area contributed by atoms with Gasteiger partial charge in [-0.3, -0.25) is 0 Å². The molecule has 0 radical (unpaired) electrons. The molecule has 0 saturated heterocycles. The van der Waals surface area contributed by atoms with E-state index in [0.29, 0.717) is 11.3 Å². The van der Waals surface area contributed by atoms with Crippen LogP contribution in [-0.4, -0.2) is 5.16 Å². The van der Waals surface area contributed by atoms with Gasteiger partial charge in [0.15, 0.2) is 5.58 Å². The van der Waals surface area contributed by atoms with E-state index in [1.165, 1.54) is 11.6 Å². The van der Waals surface area contributed by atoms with Crippen molar-refractivity contribution in [2.45, 2.75) is 0 Å². The quantitative estimate of drug-likeness (QED) is 0.480. The minimum atomic E-state index is -0.270. The van der Waals surface area contributed by atoms with Gasteiger partial charge in [0, 0.05) is 5.56 Å². The Morgan fingerprint density at radius 3 is 2.81 bits per heavy atom. The molecule has 3 heteroatoms. The van der Waals surface area contributed by atoms with Crippen molar-refractivity contribution in [3.8, 4) is 22.4 Å². The molecular weight excluding hydrogens is 205 g/mol. The first-order valence-corrected chi connectivity index (χ1v) is 5.03. The Hall–Kier alpha value is -2.16. The fraction of sp³-hybridized carbons (Fsp3) is 0. The number of hydrogen-bond donors (Lipinski definition) is 0. The third kappa shape index (κ3) is 0.877. The first-order valence-electron chi connectivity index (χ1n) is 5.03. The predicted octanol–water partition coefficient (Wildman–Crippen LogP) is 3.61. The number of nitrogens with zero attached hydrogens (tertiary/aromatic N) is 1. The molecule has 2 aromatic rings. The lowest BCUT2D eigenvalue weighted by atomic mass is 10.1. The SMILES string of the molecule is Fc1ccccc1-c1noc2cc3cc-3c12. The number of aromatic nitrogens is 1. The van der Waals surface area contributed by atoms with E-state index < -0.39 is 0 Å². The smallest absolute Gasteiger partial charge is 0.168 e. The summed E-state index contributed by atoms with van der Waals surface area (Å²) in [4.78, 5) is 0. The van der Waals surface area contributed by atoms with E-state index in [-0.39, 0.29) is 5.82 Å². The zero-order chi connectivity index (χ0) is 10.7. The molecule has 0 unspecified atom stereocenters. The lowest BCUT2D eigenvalue weighted by molar-refractivity contribution is 0.459.